The predicted octanol–water partition coefficient (Wildman–Crippen LogP) is 4.33. The van der Waals surface area contributed by atoms with E-state index in [4.69, 9.17) is 18.9 Å². The van der Waals surface area contributed by atoms with Gasteiger partial charge in [-0.05, 0) is 71.2 Å². The fourth-order valence-electron chi connectivity index (χ4n) is 5.65. The van der Waals surface area contributed by atoms with E-state index in [9.17, 15) is 14.4 Å². The number of hydrogen-bond donors (Lipinski definition) is 1. The molecule has 1 saturated heterocycles. The maximum atomic E-state index is 14.0. The average Bonchev–Trinajstić information content (AvgIpc) is 3.32. The molecule has 2 aliphatic rings. The van der Waals surface area contributed by atoms with Crippen LogP contribution in [-0.4, -0.2) is 69.4 Å². The van der Waals surface area contributed by atoms with Gasteiger partial charge in [-0.3, -0.25) is 4.79 Å². The first-order chi connectivity index (χ1) is 18.5. The summed E-state index contributed by atoms with van der Waals surface area (Å²) in [6.07, 6.45) is 2.87. The second kappa shape index (κ2) is 11.4. The second-order valence-electron chi connectivity index (χ2n) is 11.5. The second-order valence-corrected chi connectivity index (χ2v) is 11.5. The number of esters is 1. The zero-order chi connectivity index (χ0) is 28.4. The van der Waals surface area contributed by atoms with Crippen molar-refractivity contribution >= 4 is 28.7 Å². The lowest BCUT2D eigenvalue weighted by molar-refractivity contribution is -0.152. The van der Waals surface area contributed by atoms with Crippen LogP contribution in [0.15, 0.2) is 30.3 Å². The smallest absolute Gasteiger partial charge is 0.407 e. The lowest BCUT2D eigenvalue weighted by Gasteiger charge is -2.35. The fraction of sp³-hybridized carbons (Fsp3) is 0.567. The fourth-order valence-corrected chi connectivity index (χ4v) is 5.65. The van der Waals surface area contributed by atoms with E-state index in [1.54, 1.807) is 14.2 Å². The molecule has 39 heavy (non-hydrogen) atoms. The van der Waals surface area contributed by atoms with Crippen molar-refractivity contribution in [1.29, 1.82) is 0 Å². The van der Waals surface area contributed by atoms with Gasteiger partial charge in [-0.25, -0.2) is 9.59 Å². The number of methoxy groups -OCH3 is 3. The molecule has 4 rings (SSSR count). The highest BCUT2D eigenvalue weighted by atomic mass is 16.5. The van der Waals surface area contributed by atoms with Gasteiger partial charge in [0.1, 0.15) is 23.4 Å². The van der Waals surface area contributed by atoms with Crippen molar-refractivity contribution in [3.8, 4) is 5.75 Å². The maximum absolute atomic E-state index is 14.0. The van der Waals surface area contributed by atoms with Crippen molar-refractivity contribution in [2.45, 2.75) is 70.6 Å². The summed E-state index contributed by atoms with van der Waals surface area (Å²) in [5, 5.41) is 4.82. The van der Waals surface area contributed by atoms with Gasteiger partial charge in [-0.15, -0.1) is 0 Å². The maximum Gasteiger partial charge on any atom is 0.407 e. The van der Waals surface area contributed by atoms with E-state index in [0.717, 1.165) is 46.9 Å². The zero-order valence-electron chi connectivity index (χ0n) is 23.8. The number of alkyl carbamates (subject to hydrolysis) is 1. The van der Waals surface area contributed by atoms with E-state index < -0.39 is 35.2 Å². The Hall–Kier alpha value is -3.33. The molecular weight excluding hydrogens is 500 g/mol. The normalized spacial score (nSPS) is 24.7. The van der Waals surface area contributed by atoms with E-state index in [-0.39, 0.29) is 25.5 Å². The third-order valence-electron chi connectivity index (χ3n) is 7.94. The van der Waals surface area contributed by atoms with Crippen LogP contribution in [0.3, 0.4) is 0 Å². The van der Waals surface area contributed by atoms with Crippen LogP contribution >= 0.6 is 0 Å². The zero-order valence-corrected chi connectivity index (χ0v) is 23.8. The number of ether oxygens (including phenoxy) is 4. The van der Waals surface area contributed by atoms with Gasteiger partial charge in [-0.2, -0.15) is 0 Å². The molecule has 0 radical (unpaired) electrons. The van der Waals surface area contributed by atoms with Gasteiger partial charge < -0.3 is 29.2 Å². The van der Waals surface area contributed by atoms with Crippen molar-refractivity contribution in [2.75, 3.05) is 34.5 Å². The number of aryl methyl sites for hydroxylation is 1. The number of amides is 2. The molecule has 1 fully saturated rings. The molecule has 5 bridgehead atoms. The summed E-state index contributed by atoms with van der Waals surface area (Å²) in [7, 11) is 4.57. The molecule has 2 amide bonds. The summed E-state index contributed by atoms with van der Waals surface area (Å²) in [5.41, 5.74) is 0.363. The van der Waals surface area contributed by atoms with Crippen LogP contribution in [0.4, 0.5) is 4.79 Å². The highest BCUT2D eigenvalue weighted by Crippen LogP contribution is 2.42. The summed E-state index contributed by atoms with van der Waals surface area (Å²) >= 11 is 0. The van der Waals surface area contributed by atoms with Crippen LogP contribution < -0.4 is 10.1 Å². The Morgan fingerprint density at radius 3 is 2.49 bits per heavy atom. The van der Waals surface area contributed by atoms with Crippen LogP contribution in [0, 0.1) is 5.41 Å². The van der Waals surface area contributed by atoms with E-state index in [1.165, 1.54) is 12.0 Å². The van der Waals surface area contributed by atoms with E-state index in [2.05, 4.69) is 17.4 Å². The van der Waals surface area contributed by atoms with Crippen LogP contribution in [0.5, 0.6) is 5.75 Å². The Morgan fingerprint density at radius 1 is 1.05 bits per heavy atom. The lowest BCUT2D eigenvalue weighted by atomic mass is 9.85. The Bertz CT molecular complexity index is 1240. The summed E-state index contributed by atoms with van der Waals surface area (Å²) in [4.78, 5) is 41.2. The van der Waals surface area contributed by atoms with Gasteiger partial charge in [0.2, 0.25) is 5.91 Å². The molecule has 1 N–H and O–H groups in total. The average molecular weight is 541 g/mol. The lowest BCUT2D eigenvalue weighted by Crippen LogP contribution is -2.57. The van der Waals surface area contributed by atoms with Crippen molar-refractivity contribution in [3.05, 3.63) is 41.5 Å². The molecule has 2 aromatic rings. The number of carbonyl (C=O) groups is 3. The monoisotopic (exact) mass is 540 g/mol. The first kappa shape index (κ1) is 28.7. The van der Waals surface area contributed by atoms with Gasteiger partial charge in [-0.1, -0.05) is 32.9 Å². The first-order valence-corrected chi connectivity index (χ1v) is 13.5. The van der Waals surface area contributed by atoms with Crippen molar-refractivity contribution in [3.63, 3.8) is 0 Å². The Balaban J connectivity index is 1.84. The van der Waals surface area contributed by atoms with Gasteiger partial charge in [0, 0.05) is 13.5 Å². The van der Waals surface area contributed by atoms with Crippen LogP contribution in [0.2, 0.25) is 0 Å². The largest absolute Gasteiger partial charge is 0.496 e. The van der Waals surface area contributed by atoms with Crippen molar-refractivity contribution in [2.24, 2.45) is 5.41 Å². The number of benzene rings is 2. The first-order valence-electron chi connectivity index (χ1n) is 13.5. The Morgan fingerprint density at radius 2 is 1.82 bits per heavy atom. The summed E-state index contributed by atoms with van der Waals surface area (Å²) in [6, 6.07) is 8.44. The van der Waals surface area contributed by atoms with Gasteiger partial charge in [0.05, 0.1) is 27.4 Å². The molecule has 2 aliphatic heterocycles. The highest BCUT2D eigenvalue weighted by molar-refractivity contribution is 5.91. The molecule has 0 spiro atoms. The Kier molecular flexibility index (Phi) is 8.39. The molecule has 9 heteroatoms. The van der Waals surface area contributed by atoms with Crippen molar-refractivity contribution in [1.82, 2.24) is 10.2 Å². The molecule has 2 heterocycles. The predicted molar refractivity (Wildman–Crippen MR) is 147 cm³/mol. The summed E-state index contributed by atoms with van der Waals surface area (Å²) in [6.45, 7) is 5.97. The van der Waals surface area contributed by atoms with E-state index >= 15 is 0 Å². The number of cyclic esters (lactones) is 1. The van der Waals surface area contributed by atoms with Gasteiger partial charge in [0.15, 0.2) is 0 Å². The van der Waals surface area contributed by atoms with Gasteiger partial charge >= 0.3 is 12.1 Å². The number of nitrogens with zero attached hydrogens (tertiary/aromatic N) is 1. The number of rotatable bonds is 3. The molecule has 0 saturated carbocycles. The highest BCUT2D eigenvalue weighted by Gasteiger charge is 2.53. The van der Waals surface area contributed by atoms with Crippen LogP contribution in [0.1, 0.15) is 57.6 Å². The minimum atomic E-state index is -0.947. The topological polar surface area (TPSA) is 103 Å². The molecule has 0 aliphatic carbocycles. The summed E-state index contributed by atoms with van der Waals surface area (Å²) < 4.78 is 22.3. The summed E-state index contributed by atoms with van der Waals surface area (Å²) in [5.74, 6) is -0.0859. The minimum absolute atomic E-state index is 0.125. The van der Waals surface area contributed by atoms with Crippen molar-refractivity contribution < 1.29 is 33.3 Å². The number of nitrogens with one attached hydrogen (secondary N) is 1. The third kappa shape index (κ3) is 5.83. The SMILES string of the molecule is COC(=O)[C@@H]1C[C@]2(OC)CN1C(=O)[C@H](C(C)(C)C)NC(=O)OCCCCCc1cc3cc2ccc3cc1OC. The third-order valence-corrected chi connectivity index (χ3v) is 7.94. The Labute approximate surface area is 230 Å². The van der Waals surface area contributed by atoms with E-state index in [0.29, 0.717) is 6.42 Å². The number of hydrogen-bond acceptors (Lipinski definition) is 7. The minimum Gasteiger partial charge on any atom is -0.496 e. The molecule has 212 valence electrons. The van der Waals surface area contributed by atoms with E-state index in [1.807, 2.05) is 39.0 Å². The molecule has 0 aromatic heterocycles. The molecule has 3 atom stereocenters. The molecule has 0 unspecified atom stereocenters. The number of fused-ring (bicyclic) bond motifs is 5. The number of carbonyl (C=O) groups excluding carboxylic acids is 3. The van der Waals surface area contributed by atoms with Gasteiger partial charge in [0.25, 0.3) is 0 Å². The van der Waals surface area contributed by atoms with Crippen LogP contribution in [0.25, 0.3) is 10.8 Å². The molecule has 9 nitrogen and oxygen atoms in total. The molecular formula is C30H40N2O7. The quantitative estimate of drug-likeness (QED) is 0.578. The molecule has 2 aromatic carbocycles. The standard InChI is InChI=1S/C30H40N2O7/c1-29(2,3)25-26(33)32-18-30(38-6,17-23(32)27(34)37-5)22-12-11-19-16-24(36-4)20(14-21(19)15-22)10-8-7-9-13-39-28(35)31-25/h11-12,14-16,23,25H,7-10,13,17-18H2,1-6H3,(H,31,35)/t23-,25+,30-/m0/s1. The van der Waals surface area contributed by atoms with Crippen LogP contribution in [-0.2, 0) is 35.8 Å².